The maximum Gasteiger partial charge on any atom is 0.251 e. The van der Waals surface area contributed by atoms with Gasteiger partial charge in [0.25, 0.3) is 5.91 Å². The minimum absolute atomic E-state index is 0.192. The van der Waals surface area contributed by atoms with Crippen LogP contribution in [0.15, 0.2) is 78.9 Å². The van der Waals surface area contributed by atoms with Gasteiger partial charge in [-0.2, -0.15) is 0 Å². The van der Waals surface area contributed by atoms with E-state index >= 15 is 0 Å². The summed E-state index contributed by atoms with van der Waals surface area (Å²) in [4.78, 5) is 25.8. The lowest BCUT2D eigenvalue weighted by molar-refractivity contribution is -0.123. The number of nitrogens with one attached hydrogen (secondary N) is 2. The van der Waals surface area contributed by atoms with Crippen LogP contribution in [0.4, 0.5) is 5.69 Å². The molecule has 0 aromatic heterocycles. The second-order valence-corrected chi connectivity index (χ2v) is 8.06. The summed E-state index contributed by atoms with van der Waals surface area (Å²) in [5.41, 5.74) is 3.35. The van der Waals surface area contributed by atoms with Crippen LogP contribution in [0.1, 0.15) is 42.5 Å². The SMILES string of the molecule is CC(C)c1ccc(NC(=O)C(NC(=O)C=Cc2ccc3c(c2)OCO3)c2ccccc2)cc1. The zero-order chi connectivity index (χ0) is 23.2. The topological polar surface area (TPSA) is 76.7 Å². The van der Waals surface area contributed by atoms with Gasteiger partial charge < -0.3 is 20.1 Å². The second kappa shape index (κ2) is 10.0. The van der Waals surface area contributed by atoms with Crippen LogP contribution in [0.3, 0.4) is 0 Å². The molecule has 0 fully saturated rings. The lowest BCUT2D eigenvalue weighted by Crippen LogP contribution is -2.36. The van der Waals surface area contributed by atoms with Crippen LogP contribution in [0.2, 0.25) is 0 Å². The van der Waals surface area contributed by atoms with Gasteiger partial charge in [-0.15, -0.1) is 0 Å². The molecule has 0 bridgehead atoms. The molecule has 1 heterocycles. The number of amides is 2. The molecule has 0 saturated heterocycles. The summed E-state index contributed by atoms with van der Waals surface area (Å²) in [6, 6.07) is 21.5. The minimum atomic E-state index is -0.843. The molecule has 1 aliphatic heterocycles. The van der Waals surface area contributed by atoms with E-state index in [2.05, 4.69) is 24.5 Å². The maximum absolute atomic E-state index is 13.1. The van der Waals surface area contributed by atoms with E-state index in [0.717, 1.165) is 5.56 Å². The van der Waals surface area contributed by atoms with Crippen molar-refractivity contribution >= 4 is 23.6 Å². The van der Waals surface area contributed by atoms with E-state index in [0.29, 0.717) is 28.7 Å². The van der Waals surface area contributed by atoms with Crippen LogP contribution in [0.25, 0.3) is 6.08 Å². The number of ether oxygens (including phenoxy) is 2. The molecule has 6 nitrogen and oxygen atoms in total. The average molecular weight is 443 g/mol. The molecule has 1 aliphatic rings. The fraction of sp³-hybridized carbons (Fsp3) is 0.185. The minimum Gasteiger partial charge on any atom is -0.454 e. The summed E-state index contributed by atoms with van der Waals surface area (Å²) in [6.07, 6.45) is 3.07. The van der Waals surface area contributed by atoms with Crippen molar-refractivity contribution in [3.8, 4) is 11.5 Å². The number of benzene rings is 3. The van der Waals surface area contributed by atoms with Crippen molar-refractivity contribution in [2.45, 2.75) is 25.8 Å². The Morgan fingerprint density at radius 3 is 2.33 bits per heavy atom. The van der Waals surface area contributed by atoms with Crippen molar-refractivity contribution in [3.63, 3.8) is 0 Å². The summed E-state index contributed by atoms with van der Waals surface area (Å²) < 4.78 is 10.7. The highest BCUT2D eigenvalue weighted by atomic mass is 16.7. The summed E-state index contributed by atoms with van der Waals surface area (Å²) in [5, 5.41) is 5.72. The van der Waals surface area contributed by atoms with E-state index in [4.69, 9.17) is 9.47 Å². The number of hydrogen-bond donors (Lipinski definition) is 2. The van der Waals surface area contributed by atoms with Crippen LogP contribution < -0.4 is 20.1 Å². The summed E-state index contributed by atoms with van der Waals surface area (Å²) in [6.45, 7) is 4.42. The number of anilines is 1. The maximum atomic E-state index is 13.1. The third-order valence-electron chi connectivity index (χ3n) is 5.35. The van der Waals surface area contributed by atoms with Gasteiger partial charge in [-0.05, 0) is 52.9 Å². The molecule has 0 spiro atoms. The van der Waals surface area contributed by atoms with Gasteiger partial charge in [0.05, 0.1) is 0 Å². The Morgan fingerprint density at radius 2 is 1.61 bits per heavy atom. The van der Waals surface area contributed by atoms with Gasteiger partial charge in [-0.1, -0.05) is 62.4 Å². The van der Waals surface area contributed by atoms with Crippen LogP contribution in [-0.4, -0.2) is 18.6 Å². The first-order valence-corrected chi connectivity index (χ1v) is 10.8. The highest BCUT2D eigenvalue weighted by molar-refractivity contribution is 6.00. The number of carbonyl (C=O) groups is 2. The monoisotopic (exact) mass is 442 g/mol. The number of fused-ring (bicyclic) bond motifs is 1. The van der Waals surface area contributed by atoms with Gasteiger partial charge in [0.15, 0.2) is 11.5 Å². The Kier molecular flexibility index (Phi) is 6.74. The molecule has 33 heavy (non-hydrogen) atoms. The molecular formula is C27H26N2O4. The van der Waals surface area contributed by atoms with Crippen LogP contribution >= 0.6 is 0 Å². The Hall–Kier alpha value is -4.06. The van der Waals surface area contributed by atoms with Gasteiger partial charge >= 0.3 is 0 Å². The van der Waals surface area contributed by atoms with Gasteiger partial charge in [0.1, 0.15) is 6.04 Å². The first kappa shape index (κ1) is 22.1. The van der Waals surface area contributed by atoms with Crippen molar-refractivity contribution < 1.29 is 19.1 Å². The van der Waals surface area contributed by atoms with Crippen LogP contribution in [0, 0.1) is 0 Å². The van der Waals surface area contributed by atoms with Crippen LogP contribution in [-0.2, 0) is 9.59 Å². The van der Waals surface area contributed by atoms with E-state index in [1.54, 1.807) is 18.2 Å². The number of rotatable bonds is 7. The lowest BCUT2D eigenvalue weighted by Gasteiger charge is -2.18. The first-order chi connectivity index (χ1) is 16.0. The molecule has 0 aliphatic carbocycles. The van der Waals surface area contributed by atoms with Crippen molar-refractivity contribution in [1.29, 1.82) is 0 Å². The van der Waals surface area contributed by atoms with E-state index in [1.807, 2.05) is 60.7 Å². The predicted octanol–water partition coefficient (Wildman–Crippen LogP) is 5.05. The third kappa shape index (κ3) is 5.60. The molecule has 3 aromatic carbocycles. The zero-order valence-corrected chi connectivity index (χ0v) is 18.6. The third-order valence-corrected chi connectivity index (χ3v) is 5.35. The van der Waals surface area contributed by atoms with Crippen molar-refractivity contribution in [1.82, 2.24) is 5.32 Å². The molecule has 6 heteroatoms. The quantitative estimate of drug-likeness (QED) is 0.502. The van der Waals surface area contributed by atoms with E-state index < -0.39 is 6.04 Å². The standard InChI is InChI=1S/C27H26N2O4/c1-18(2)20-10-12-22(13-11-20)28-27(31)26(21-6-4-3-5-7-21)29-25(30)15-9-19-8-14-23-24(16-19)33-17-32-23/h3-16,18,26H,17H2,1-2H3,(H,28,31)(H,29,30). The molecule has 2 N–H and O–H groups in total. The Bertz CT molecular complexity index is 1150. The van der Waals surface area contributed by atoms with Crippen molar-refractivity contribution in [2.24, 2.45) is 0 Å². The molecule has 1 atom stereocenters. The highest BCUT2D eigenvalue weighted by Crippen LogP contribution is 2.32. The number of hydrogen-bond acceptors (Lipinski definition) is 4. The normalized spacial score (nSPS) is 13.2. The van der Waals surface area contributed by atoms with Gasteiger partial charge in [0.2, 0.25) is 12.7 Å². The molecule has 2 amide bonds. The van der Waals surface area contributed by atoms with Gasteiger partial charge in [0, 0.05) is 11.8 Å². The fourth-order valence-corrected chi connectivity index (χ4v) is 3.49. The Morgan fingerprint density at radius 1 is 0.879 bits per heavy atom. The fourth-order valence-electron chi connectivity index (χ4n) is 3.49. The van der Waals surface area contributed by atoms with Crippen molar-refractivity contribution in [2.75, 3.05) is 12.1 Å². The zero-order valence-electron chi connectivity index (χ0n) is 18.6. The van der Waals surface area contributed by atoms with E-state index in [1.165, 1.54) is 11.6 Å². The summed E-state index contributed by atoms with van der Waals surface area (Å²) >= 11 is 0. The summed E-state index contributed by atoms with van der Waals surface area (Å²) in [5.74, 6) is 1.03. The van der Waals surface area contributed by atoms with Crippen LogP contribution in [0.5, 0.6) is 11.5 Å². The predicted molar refractivity (Wildman–Crippen MR) is 128 cm³/mol. The smallest absolute Gasteiger partial charge is 0.251 e. The summed E-state index contributed by atoms with van der Waals surface area (Å²) in [7, 11) is 0. The average Bonchev–Trinajstić information content (AvgIpc) is 3.30. The molecule has 168 valence electrons. The highest BCUT2D eigenvalue weighted by Gasteiger charge is 2.22. The Labute approximate surface area is 193 Å². The van der Waals surface area contributed by atoms with E-state index in [-0.39, 0.29) is 18.6 Å². The molecule has 4 rings (SSSR count). The molecular weight excluding hydrogens is 416 g/mol. The Balaban J connectivity index is 1.47. The lowest BCUT2D eigenvalue weighted by atomic mass is 10.0. The first-order valence-electron chi connectivity index (χ1n) is 10.8. The molecule has 1 unspecified atom stereocenters. The van der Waals surface area contributed by atoms with Gasteiger partial charge in [-0.25, -0.2) is 0 Å². The molecule has 0 radical (unpaired) electrons. The molecule has 0 saturated carbocycles. The second-order valence-electron chi connectivity index (χ2n) is 8.06. The largest absolute Gasteiger partial charge is 0.454 e. The van der Waals surface area contributed by atoms with E-state index in [9.17, 15) is 9.59 Å². The molecule has 3 aromatic rings. The van der Waals surface area contributed by atoms with Gasteiger partial charge in [-0.3, -0.25) is 9.59 Å². The number of carbonyl (C=O) groups excluding carboxylic acids is 2. The van der Waals surface area contributed by atoms with Crippen molar-refractivity contribution in [3.05, 3.63) is 95.6 Å².